The fraction of sp³-hybridized carbons (Fsp3) is 0.917. The maximum absolute atomic E-state index is 11.8. The molecule has 0 spiro atoms. The number of aliphatic hydroxyl groups is 1. The molecule has 1 aliphatic heterocycles. The van der Waals surface area contributed by atoms with Gasteiger partial charge in [0.1, 0.15) is 0 Å². The van der Waals surface area contributed by atoms with Gasteiger partial charge in [0.25, 0.3) is 0 Å². The molecule has 0 saturated carbocycles. The number of carbonyl (C=O) groups excluding carboxylic acids is 1. The molecule has 1 saturated heterocycles. The van der Waals surface area contributed by atoms with Crippen LogP contribution in [0.4, 0.5) is 4.79 Å². The number of nitrogens with zero attached hydrogens (tertiary/aromatic N) is 2. The summed E-state index contributed by atoms with van der Waals surface area (Å²) in [5.41, 5.74) is 0. The number of aliphatic hydroxyl groups excluding tert-OH is 1. The largest absolute Gasteiger partial charge is 0.395 e. The van der Waals surface area contributed by atoms with Gasteiger partial charge in [-0.2, -0.15) is 0 Å². The first-order valence-electron chi connectivity index (χ1n) is 6.64. The summed E-state index contributed by atoms with van der Waals surface area (Å²) in [6.07, 6.45) is 3.13. The number of carbonyl (C=O) groups is 1. The highest BCUT2D eigenvalue weighted by molar-refractivity contribution is 5.74. The van der Waals surface area contributed by atoms with Crippen molar-refractivity contribution >= 4 is 6.03 Å². The average molecular weight is 243 g/mol. The van der Waals surface area contributed by atoms with Crippen LogP contribution in [0.25, 0.3) is 0 Å². The molecule has 1 heterocycles. The van der Waals surface area contributed by atoms with Crippen molar-refractivity contribution in [1.29, 1.82) is 0 Å². The van der Waals surface area contributed by atoms with E-state index >= 15 is 0 Å². The van der Waals surface area contributed by atoms with Gasteiger partial charge in [-0.05, 0) is 19.4 Å². The molecule has 0 aromatic heterocycles. The lowest BCUT2D eigenvalue weighted by atomic mass is 10.3. The maximum atomic E-state index is 11.8. The molecule has 0 aromatic carbocycles. The minimum absolute atomic E-state index is 0.0595. The van der Waals surface area contributed by atoms with Crippen LogP contribution >= 0.6 is 0 Å². The van der Waals surface area contributed by atoms with Crippen LogP contribution in [0.3, 0.4) is 0 Å². The van der Waals surface area contributed by atoms with Crippen molar-refractivity contribution in [2.45, 2.75) is 26.2 Å². The predicted octanol–water partition coefficient (Wildman–Crippen LogP) is 0.496. The van der Waals surface area contributed by atoms with E-state index in [-0.39, 0.29) is 12.6 Å². The van der Waals surface area contributed by atoms with Gasteiger partial charge in [0.15, 0.2) is 0 Å². The Kier molecular flexibility index (Phi) is 6.96. The number of β-amino-alcohol motifs (C(OH)–C–C–N with tert-alkyl or cyclic N) is 1. The second-order valence-corrected chi connectivity index (χ2v) is 4.49. The van der Waals surface area contributed by atoms with Crippen LogP contribution < -0.4 is 5.32 Å². The normalized spacial score (nSPS) is 17.9. The molecule has 5 nitrogen and oxygen atoms in total. The van der Waals surface area contributed by atoms with Crippen LogP contribution in [0, 0.1) is 0 Å². The van der Waals surface area contributed by atoms with Crippen LogP contribution in [-0.2, 0) is 0 Å². The number of amides is 2. The Labute approximate surface area is 104 Å². The first-order valence-corrected chi connectivity index (χ1v) is 6.64. The first kappa shape index (κ1) is 14.3. The van der Waals surface area contributed by atoms with Crippen molar-refractivity contribution in [2.75, 3.05) is 45.9 Å². The van der Waals surface area contributed by atoms with E-state index in [0.29, 0.717) is 6.54 Å². The summed E-state index contributed by atoms with van der Waals surface area (Å²) in [6, 6.07) is 0.0595. The number of rotatable bonds is 5. The van der Waals surface area contributed by atoms with Crippen molar-refractivity contribution in [2.24, 2.45) is 0 Å². The molecule has 0 aliphatic carbocycles. The lowest BCUT2D eigenvalue weighted by Gasteiger charge is -2.21. The standard InChI is InChI=1S/C12H25N3O2/c1-2-3-5-13-12(17)15-7-4-6-14(8-9-15)10-11-16/h16H,2-11H2,1H3,(H,13,17). The molecule has 2 amide bonds. The Morgan fingerprint density at radius 2 is 2.12 bits per heavy atom. The third-order valence-electron chi connectivity index (χ3n) is 3.10. The predicted molar refractivity (Wildman–Crippen MR) is 68.0 cm³/mol. The van der Waals surface area contributed by atoms with Crippen LogP contribution in [-0.4, -0.2) is 66.8 Å². The van der Waals surface area contributed by atoms with Gasteiger partial charge in [0, 0.05) is 32.7 Å². The lowest BCUT2D eigenvalue weighted by molar-refractivity contribution is 0.188. The quantitative estimate of drug-likeness (QED) is 0.691. The van der Waals surface area contributed by atoms with Crippen LogP contribution in [0.2, 0.25) is 0 Å². The summed E-state index contributed by atoms with van der Waals surface area (Å²) >= 11 is 0. The van der Waals surface area contributed by atoms with Crippen molar-refractivity contribution in [3.63, 3.8) is 0 Å². The number of hydrogen-bond acceptors (Lipinski definition) is 3. The molecule has 0 aromatic rings. The summed E-state index contributed by atoms with van der Waals surface area (Å²) in [6.45, 7) is 7.21. The van der Waals surface area contributed by atoms with E-state index in [4.69, 9.17) is 5.11 Å². The van der Waals surface area contributed by atoms with Crippen LogP contribution in [0.1, 0.15) is 26.2 Å². The van der Waals surface area contributed by atoms with E-state index in [1.165, 1.54) is 0 Å². The van der Waals surface area contributed by atoms with E-state index in [2.05, 4.69) is 17.1 Å². The smallest absolute Gasteiger partial charge is 0.317 e. The van der Waals surface area contributed by atoms with Gasteiger partial charge in [0.2, 0.25) is 0 Å². The second-order valence-electron chi connectivity index (χ2n) is 4.49. The molecule has 1 aliphatic rings. The minimum Gasteiger partial charge on any atom is -0.395 e. The van der Waals surface area contributed by atoms with Gasteiger partial charge >= 0.3 is 6.03 Å². The molecule has 5 heteroatoms. The fourth-order valence-electron chi connectivity index (χ4n) is 2.02. The molecule has 0 unspecified atom stereocenters. The van der Waals surface area contributed by atoms with Gasteiger partial charge in [0.05, 0.1) is 6.61 Å². The van der Waals surface area contributed by atoms with Crippen LogP contribution in [0.5, 0.6) is 0 Å². The first-order chi connectivity index (χ1) is 8.27. The van der Waals surface area contributed by atoms with Crippen molar-refractivity contribution in [1.82, 2.24) is 15.1 Å². The third kappa shape index (κ3) is 5.37. The number of hydrogen-bond donors (Lipinski definition) is 2. The Morgan fingerprint density at radius 3 is 2.82 bits per heavy atom. The van der Waals surface area contributed by atoms with Crippen molar-refractivity contribution in [3.8, 4) is 0 Å². The molecular formula is C12H25N3O2. The topological polar surface area (TPSA) is 55.8 Å². The number of unbranched alkanes of at least 4 members (excludes halogenated alkanes) is 1. The monoisotopic (exact) mass is 243 g/mol. The Bertz CT molecular complexity index is 224. The molecule has 0 radical (unpaired) electrons. The van der Waals surface area contributed by atoms with E-state index < -0.39 is 0 Å². The molecular weight excluding hydrogens is 218 g/mol. The van der Waals surface area contributed by atoms with Gasteiger partial charge in [-0.1, -0.05) is 13.3 Å². The van der Waals surface area contributed by atoms with E-state index in [0.717, 1.165) is 52.0 Å². The molecule has 1 fully saturated rings. The summed E-state index contributed by atoms with van der Waals surface area (Å²) in [4.78, 5) is 15.9. The zero-order valence-electron chi connectivity index (χ0n) is 10.8. The highest BCUT2D eigenvalue weighted by atomic mass is 16.3. The zero-order valence-corrected chi connectivity index (χ0v) is 10.8. The second kappa shape index (κ2) is 8.31. The van der Waals surface area contributed by atoms with Crippen molar-refractivity contribution in [3.05, 3.63) is 0 Å². The van der Waals surface area contributed by atoms with Crippen molar-refractivity contribution < 1.29 is 9.90 Å². The minimum atomic E-state index is 0.0595. The molecule has 1 rings (SSSR count). The number of urea groups is 1. The fourth-order valence-corrected chi connectivity index (χ4v) is 2.02. The van der Waals surface area contributed by atoms with E-state index in [1.807, 2.05) is 4.90 Å². The van der Waals surface area contributed by atoms with Gasteiger partial charge in [-0.25, -0.2) is 4.79 Å². The summed E-state index contributed by atoms with van der Waals surface area (Å²) in [5.74, 6) is 0. The Hall–Kier alpha value is -0.810. The van der Waals surface area contributed by atoms with E-state index in [9.17, 15) is 4.79 Å². The van der Waals surface area contributed by atoms with E-state index in [1.54, 1.807) is 0 Å². The third-order valence-corrected chi connectivity index (χ3v) is 3.10. The van der Waals surface area contributed by atoms with Gasteiger partial charge in [-0.3, -0.25) is 4.90 Å². The zero-order chi connectivity index (χ0) is 12.5. The maximum Gasteiger partial charge on any atom is 0.317 e. The lowest BCUT2D eigenvalue weighted by Crippen LogP contribution is -2.42. The summed E-state index contributed by atoms with van der Waals surface area (Å²) in [5, 5.41) is 11.8. The molecule has 0 bridgehead atoms. The summed E-state index contributed by atoms with van der Waals surface area (Å²) < 4.78 is 0. The molecule has 2 N–H and O–H groups in total. The molecule has 0 atom stereocenters. The average Bonchev–Trinajstić information content (AvgIpc) is 2.55. The SMILES string of the molecule is CCCCNC(=O)N1CCCN(CCO)CC1. The Morgan fingerprint density at radius 1 is 1.29 bits per heavy atom. The highest BCUT2D eigenvalue weighted by Crippen LogP contribution is 2.03. The Balaban J connectivity index is 2.27. The molecule has 17 heavy (non-hydrogen) atoms. The van der Waals surface area contributed by atoms with Crippen LogP contribution in [0.15, 0.2) is 0 Å². The summed E-state index contributed by atoms with van der Waals surface area (Å²) in [7, 11) is 0. The highest BCUT2D eigenvalue weighted by Gasteiger charge is 2.17. The van der Waals surface area contributed by atoms with Gasteiger partial charge < -0.3 is 15.3 Å². The van der Waals surface area contributed by atoms with Gasteiger partial charge in [-0.15, -0.1) is 0 Å². The molecule has 100 valence electrons. The number of nitrogens with one attached hydrogen (secondary N) is 1.